The van der Waals surface area contributed by atoms with Crippen LogP contribution in [0.1, 0.15) is 113 Å². The van der Waals surface area contributed by atoms with Gasteiger partial charge in [0.05, 0.1) is 11.7 Å². The molecule has 1 aliphatic rings. The molecule has 0 aliphatic heterocycles. The van der Waals surface area contributed by atoms with Crippen molar-refractivity contribution in [2.75, 3.05) is 0 Å². The highest BCUT2D eigenvalue weighted by atomic mass is 31.0. The van der Waals surface area contributed by atoms with E-state index in [-0.39, 0.29) is 12.0 Å². The molecule has 180 valence electrons. The molecule has 1 aliphatic carbocycles. The van der Waals surface area contributed by atoms with Crippen LogP contribution in [0, 0.1) is 17.8 Å². The quantitative estimate of drug-likeness (QED) is 0.208. The van der Waals surface area contributed by atoms with Crippen LogP contribution in [0.15, 0.2) is 34.2 Å². The van der Waals surface area contributed by atoms with Crippen LogP contribution in [-0.4, -0.2) is 21.9 Å². The number of rotatable bonds is 14. The first-order chi connectivity index (χ1) is 14.4. The van der Waals surface area contributed by atoms with E-state index >= 15 is 0 Å². The van der Waals surface area contributed by atoms with Crippen LogP contribution in [0.25, 0.3) is 0 Å². The third-order valence-electron chi connectivity index (χ3n) is 7.18. The summed E-state index contributed by atoms with van der Waals surface area (Å²) in [5, 5.41) is 22.1. The Labute approximate surface area is 195 Å². The summed E-state index contributed by atoms with van der Waals surface area (Å²) in [4.78, 5) is 0. The largest absolute Gasteiger partial charge is 0.390 e. The molecule has 0 aromatic heterocycles. The van der Waals surface area contributed by atoms with Gasteiger partial charge in [0.25, 0.3) is 0 Å². The highest BCUT2D eigenvalue weighted by Gasteiger charge is 2.23. The fraction of sp³-hybridized carbons (Fsp3) is 0.786. The SMILES string of the molecule is CC1=C(P)C(CCC(C)CC/C=C(\C)CCCC(C)(O)CCCC(C)C)=CC(O)C1C. The lowest BCUT2D eigenvalue weighted by molar-refractivity contribution is 0.0367. The minimum absolute atomic E-state index is 0.227. The van der Waals surface area contributed by atoms with Gasteiger partial charge in [-0.05, 0) is 94.9 Å². The second kappa shape index (κ2) is 14.0. The average Bonchev–Trinajstić information content (AvgIpc) is 2.67. The van der Waals surface area contributed by atoms with Gasteiger partial charge in [-0.2, -0.15) is 0 Å². The zero-order valence-corrected chi connectivity index (χ0v) is 22.7. The molecule has 0 amide bonds. The van der Waals surface area contributed by atoms with E-state index in [1.807, 2.05) is 6.92 Å². The second-order valence-electron chi connectivity index (χ2n) is 11.0. The molecule has 0 saturated heterocycles. The third-order valence-corrected chi connectivity index (χ3v) is 8.01. The van der Waals surface area contributed by atoms with Gasteiger partial charge in [-0.15, -0.1) is 9.24 Å². The van der Waals surface area contributed by atoms with Crippen molar-refractivity contribution in [1.29, 1.82) is 0 Å². The van der Waals surface area contributed by atoms with Crippen LogP contribution in [0.2, 0.25) is 0 Å². The normalized spacial score (nSPS) is 23.2. The lowest BCUT2D eigenvalue weighted by atomic mass is 9.85. The predicted octanol–water partition coefficient (Wildman–Crippen LogP) is 7.96. The molecule has 5 unspecified atom stereocenters. The van der Waals surface area contributed by atoms with Crippen molar-refractivity contribution in [2.45, 2.75) is 124 Å². The Hall–Kier alpha value is -0.430. The summed E-state index contributed by atoms with van der Waals surface area (Å²) in [6.45, 7) is 15.3. The molecule has 1 rings (SSSR count). The van der Waals surface area contributed by atoms with Crippen LogP contribution in [0.4, 0.5) is 0 Å². The summed E-state index contributed by atoms with van der Waals surface area (Å²) in [7, 11) is 2.89. The fourth-order valence-electron chi connectivity index (χ4n) is 4.44. The lowest BCUT2D eigenvalue weighted by Crippen LogP contribution is -2.23. The summed E-state index contributed by atoms with van der Waals surface area (Å²) in [6, 6.07) is 0. The molecule has 0 radical (unpaired) electrons. The molecule has 0 aromatic rings. The minimum atomic E-state index is -0.508. The Kier molecular flexibility index (Phi) is 12.9. The van der Waals surface area contributed by atoms with Crippen molar-refractivity contribution in [3.63, 3.8) is 0 Å². The molecule has 31 heavy (non-hydrogen) atoms. The Morgan fingerprint density at radius 3 is 2.45 bits per heavy atom. The van der Waals surface area contributed by atoms with Crippen molar-refractivity contribution in [1.82, 2.24) is 0 Å². The van der Waals surface area contributed by atoms with E-state index in [0.717, 1.165) is 50.9 Å². The Morgan fingerprint density at radius 1 is 1.16 bits per heavy atom. The first kappa shape index (κ1) is 28.6. The second-order valence-corrected chi connectivity index (χ2v) is 11.6. The monoisotopic (exact) mass is 450 g/mol. The van der Waals surface area contributed by atoms with E-state index in [1.165, 1.54) is 41.3 Å². The van der Waals surface area contributed by atoms with E-state index in [2.05, 4.69) is 62.9 Å². The predicted molar refractivity (Wildman–Crippen MR) is 140 cm³/mol. The molecule has 0 fully saturated rings. The summed E-state index contributed by atoms with van der Waals surface area (Å²) >= 11 is 0. The molecular formula is C28H51O2P. The summed E-state index contributed by atoms with van der Waals surface area (Å²) in [6.07, 6.45) is 15.0. The van der Waals surface area contributed by atoms with Crippen LogP contribution < -0.4 is 0 Å². The molecule has 2 N–H and O–H groups in total. The third kappa shape index (κ3) is 11.3. The maximum absolute atomic E-state index is 10.6. The van der Waals surface area contributed by atoms with Gasteiger partial charge in [0.1, 0.15) is 0 Å². The van der Waals surface area contributed by atoms with Gasteiger partial charge >= 0.3 is 0 Å². The van der Waals surface area contributed by atoms with E-state index in [4.69, 9.17) is 0 Å². The molecule has 3 heteroatoms. The highest BCUT2D eigenvalue weighted by Crippen LogP contribution is 2.36. The Bertz CT molecular complexity index is 627. The molecule has 0 spiro atoms. The molecule has 0 aromatic carbocycles. The van der Waals surface area contributed by atoms with Crippen molar-refractivity contribution < 1.29 is 10.2 Å². The topological polar surface area (TPSA) is 40.5 Å². The number of hydrogen-bond acceptors (Lipinski definition) is 2. The van der Waals surface area contributed by atoms with Gasteiger partial charge in [0.15, 0.2) is 0 Å². The molecular weight excluding hydrogens is 399 g/mol. The van der Waals surface area contributed by atoms with Crippen molar-refractivity contribution in [3.8, 4) is 0 Å². The van der Waals surface area contributed by atoms with Crippen LogP contribution in [0.5, 0.6) is 0 Å². The van der Waals surface area contributed by atoms with Gasteiger partial charge < -0.3 is 10.2 Å². The van der Waals surface area contributed by atoms with E-state index in [9.17, 15) is 10.2 Å². The average molecular weight is 451 g/mol. The van der Waals surface area contributed by atoms with Gasteiger partial charge in [-0.1, -0.05) is 63.8 Å². The molecule has 0 bridgehead atoms. The summed E-state index contributed by atoms with van der Waals surface area (Å²) < 4.78 is 0. The molecule has 0 heterocycles. The van der Waals surface area contributed by atoms with Crippen LogP contribution >= 0.6 is 9.24 Å². The number of aliphatic hydroxyl groups excluding tert-OH is 1. The molecule has 0 saturated carbocycles. The number of aliphatic hydroxyl groups is 2. The first-order valence-corrected chi connectivity index (χ1v) is 13.2. The minimum Gasteiger partial charge on any atom is -0.390 e. The number of hydrogen-bond donors (Lipinski definition) is 2. The molecule has 5 atom stereocenters. The Morgan fingerprint density at radius 2 is 1.81 bits per heavy atom. The van der Waals surface area contributed by atoms with E-state index in [0.29, 0.717) is 5.92 Å². The van der Waals surface area contributed by atoms with Gasteiger partial charge in [0, 0.05) is 5.92 Å². The summed E-state index contributed by atoms with van der Waals surface area (Å²) in [5.74, 6) is 1.63. The van der Waals surface area contributed by atoms with Gasteiger partial charge in [-0.25, -0.2) is 0 Å². The maximum atomic E-state index is 10.6. The zero-order valence-electron chi connectivity index (χ0n) is 21.5. The lowest BCUT2D eigenvalue weighted by Gasteiger charge is -2.27. The number of allylic oxidation sites excluding steroid dienone is 4. The van der Waals surface area contributed by atoms with Crippen molar-refractivity contribution >= 4 is 9.24 Å². The van der Waals surface area contributed by atoms with Gasteiger partial charge in [-0.3, -0.25) is 0 Å². The highest BCUT2D eigenvalue weighted by molar-refractivity contribution is 7.23. The standard InChI is InChI=1S/C28H51O2P/c1-20(2)11-9-17-28(7,30)18-10-14-21(3)12-8-13-22(4)15-16-25-19-26(29)23(5)24(6)27(25)31/h12,19-20,22-23,26,29-30H,8-11,13-18,31H2,1-7H3/b21-12+. The van der Waals surface area contributed by atoms with Crippen molar-refractivity contribution in [3.05, 3.63) is 34.2 Å². The van der Waals surface area contributed by atoms with E-state index in [1.54, 1.807) is 0 Å². The summed E-state index contributed by atoms with van der Waals surface area (Å²) in [5.41, 5.74) is 3.57. The van der Waals surface area contributed by atoms with E-state index < -0.39 is 5.60 Å². The smallest absolute Gasteiger partial charge is 0.0789 e. The molecule has 2 nitrogen and oxygen atoms in total. The zero-order chi connectivity index (χ0) is 23.6. The Balaban J connectivity index is 2.28. The van der Waals surface area contributed by atoms with Crippen molar-refractivity contribution in [2.24, 2.45) is 17.8 Å². The van der Waals surface area contributed by atoms with Crippen LogP contribution in [0.3, 0.4) is 0 Å². The maximum Gasteiger partial charge on any atom is 0.0789 e. The first-order valence-electron chi connectivity index (χ1n) is 12.7. The van der Waals surface area contributed by atoms with Crippen LogP contribution in [-0.2, 0) is 0 Å². The fourth-order valence-corrected chi connectivity index (χ4v) is 4.94. The van der Waals surface area contributed by atoms with Gasteiger partial charge in [0.2, 0.25) is 0 Å².